The number of rotatable bonds is 2. The predicted molar refractivity (Wildman–Crippen MR) is 79.2 cm³/mol. The molecule has 108 valence electrons. The molecule has 0 aliphatic rings. The monoisotopic (exact) mass is 286 g/mol. The predicted octanol–water partition coefficient (Wildman–Crippen LogP) is 0.241. The maximum atomic E-state index is 12.3. The molecule has 6 heteroatoms. The van der Waals surface area contributed by atoms with Gasteiger partial charge in [0, 0.05) is 31.2 Å². The molecule has 0 radical (unpaired) electrons. The topological polar surface area (TPSA) is 82.8 Å². The molecule has 1 heterocycles. The zero-order valence-corrected chi connectivity index (χ0v) is 11.6. The van der Waals surface area contributed by atoms with Gasteiger partial charge in [0.1, 0.15) is 12.2 Å². The maximum absolute atomic E-state index is 12.3. The van der Waals surface area contributed by atoms with Gasteiger partial charge in [0.25, 0.3) is 0 Å². The largest absolute Gasteiger partial charge is 0.477 e. The van der Waals surface area contributed by atoms with Crippen LogP contribution in [0.2, 0.25) is 0 Å². The molecule has 0 aliphatic carbocycles. The number of benzene rings is 1. The third kappa shape index (κ3) is 2.73. The van der Waals surface area contributed by atoms with Gasteiger partial charge < -0.3 is 15.2 Å². The summed E-state index contributed by atoms with van der Waals surface area (Å²) in [7, 11) is 3.49. The summed E-state index contributed by atoms with van der Waals surface area (Å²) in [6.07, 6.45) is 1.30. The van der Waals surface area contributed by atoms with E-state index in [0.717, 1.165) is 0 Å². The fourth-order valence-electron chi connectivity index (χ4n) is 2.02. The second-order valence-corrected chi connectivity index (χ2v) is 4.56. The van der Waals surface area contributed by atoms with Crippen LogP contribution in [0.5, 0.6) is 0 Å². The third-order valence-electron chi connectivity index (χ3n) is 2.96. The number of carbonyl (C=O) groups is 1. The second kappa shape index (κ2) is 5.69. The fourth-order valence-corrected chi connectivity index (χ4v) is 2.02. The number of pyridine rings is 1. The Morgan fingerprint density at radius 1 is 1.38 bits per heavy atom. The summed E-state index contributed by atoms with van der Waals surface area (Å²) in [6.45, 7) is -0.283. The van der Waals surface area contributed by atoms with E-state index in [4.69, 9.17) is 10.2 Å². The van der Waals surface area contributed by atoms with Gasteiger partial charge in [-0.3, -0.25) is 9.47 Å². The number of hydrogen-bond donors (Lipinski definition) is 2. The molecule has 6 nitrogen and oxygen atoms in total. The summed E-state index contributed by atoms with van der Waals surface area (Å²) in [4.78, 5) is 23.5. The first kappa shape index (κ1) is 14.6. The van der Waals surface area contributed by atoms with E-state index in [9.17, 15) is 9.59 Å². The van der Waals surface area contributed by atoms with E-state index in [1.54, 1.807) is 35.9 Å². The van der Waals surface area contributed by atoms with Gasteiger partial charge in [-0.1, -0.05) is 11.8 Å². The first-order valence-corrected chi connectivity index (χ1v) is 6.15. The molecule has 0 spiro atoms. The van der Waals surface area contributed by atoms with Crippen LogP contribution in [-0.4, -0.2) is 41.6 Å². The number of carboxylic acid groups (broad SMARTS) is 1. The van der Waals surface area contributed by atoms with Crippen LogP contribution >= 0.6 is 0 Å². The Balaban J connectivity index is 2.85. The van der Waals surface area contributed by atoms with Crippen LogP contribution in [0.15, 0.2) is 29.2 Å². The molecular weight excluding hydrogens is 272 g/mol. The number of nitrogens with zero attached hydrogens (tertiary/aromatic N) is 2. The van der Waals surface area contributed by atoms with Crippen LogP contribution in [0.4, 0.5) is 0 Å². The summed E-state index contributed by atoms with van der Waals surface area (Å²) in [6, 6.07) is 4.95. The van der Waals surface area contributed by atoms with Crippen LogP contribution in [-0.2, 0) is 0 Å². The first-order chi connectivity index (χ1) is 9.95. The molecule has 0 bridgehead atoms. The molecule has 2 N–H and O–H groups in total. The lowest BCUT2D eigenvalue weighted by molar-refractivity contribution is 0.0695. The van der Waals surface area contributed by atoms with Crippen LogP contribution in [0.1, 0.15) is 15.9 Å². The minimum atomic E-state index is -1.27. The van der Waals surface area contributed by atoms with E-state index < -0.39 is 11.4 Å². The van der Waals surface area contributed by atoms with E-state index in [2.05, 4.69) is 11.8 Å². The standard InChI is InChI=1S/C15H14N2O4/c1-16(2)17-9-12(15(20)21)14(19)11-8-10(4-3-7-18)5-6-13(11)17/h5-6,8-9,18H,7H2,1-2H3,(H,20,21). The summed E-state index contributed by atoms with van der Waals surface area (Å²) < 4.78 is 1.59. The molecule has 21 heavy (non-hydrogen) atoms. The molecule has 2 aromatic rings. The average Bonchev–Trinajstić information content (AvgIpc) is 2.45. The quantitative estimate of drug-likeness (QED) is 0.773. The first-order valence-electron chi connectivity index (χ1n) is 6.15. The van der Waals surface area contributed by atoms with Crippen molar-refractivity contribution in [1.82, 2.24) is 4.68 Å². The molecule has 0 saturated carbocycles. The van der Waals surface area contributed by atoms with Crippen molar-refractivity contribution >= 4 is 16.9 Å². The lowest BCUT2D eigenvalue weighted by atomic mass is 10.1. The van der Waals surface area contributed by atoms with Crippen LogP contribution in [0.25, 0.3) is 10.9 Å². The molecule has 0 saturated heterocycles. The molecule has 0 unspecified atom stereocenters. The molecule has 1 aromatic heterocycles. The lowest BCUT2D eigenvalue weighted by Crippen LogP contribution is -2.29. The highest BCUT2D eigenvalue weighted by atomic mass is 16.4. The van der Waals surface area contributed by atoms with E-state index in [1.165, 1.54) is 12.3 Å². The number of aromatic carboxylic acids is 1. The normalized spacial score (nSPS) is 10.0. The summed E-state index contributed by atoms with van der Waals surface area (Å²) in [5.41, 5.74) is 0.276. The van der Waals surface area contributed by atoms with Crippen LogP contribution < -0.4 is 10.4 Å². The van der Waals surface area contributed by atoms with Crippen molar-refractivity contribution in [2.75, 3.05) is 25.7 Å². The summed E-state index contributed by atoms with van der Waals surface area (Å²) >= 11 is 0. The van der Waals surface area contributed by atoms with Crippen molar-refractivity contribution in [3.63, 3.8) is 0 Å². The Kier molecular flexibility index (Phi) is 3.96. The third-order valence-corrected chi connectivity index (χ3v) is 2.96. The van der Waals surface area contributed by atoms with Gasteiger partial charge in [-0.2, -0.15) is 0 Å². The Morgan fingerprint density at radius 3 is 2.67 bits per heavy atom. The fraction of sp³-hybridized carbons (Fsp3) is 0.200. The Hall–Kier alpha value is -2.78. The number of aliphatic hydroxyl groups excluding tert-OH is 1. The van der Waals surface area contributed by atoms with E-state index >= 15 is 0 Å². The maximum Gasteiger partial charge on any atom is 0.341 e. The zero-order chi connectivity index (χ0) is 15.6. The second-order valence-electron chi connectivity index (χ2n) is 4.56. The number of aromatic nitrogens is 1. The molecule has 0 amide bonds. The zero-order valence-electron chi connectivity index (χ0n) is 11.6. The van der Waals surface area contributed by atoms with Gasteiger partial charge in [0.15, 0.2) is 0 Å². The van der Waals surface area contributed by atoms with E-state index in [-0.39, 0.29) is 17.6 Å². The highest BCUT2D eigenvalue weighted by Gasteiger charge is 2.15. The highest BCUT2D eigenvalue weighted by Crippen LogP contribution is 2.14. The lowest BCUT2D eigenvalue weighted by Gasteiger charge is -2.20. The van der Waals surface area contributed by atoms with Crippen molar-refractivity contribution in [2.24, 2.45) is 0 Å². The molecule has 0 fully saturated rings. The molecule has 0 atom stereocenters. The molecule has 2 rings (SSSR count). The van der Waals surface area contributed by atoms with Gasteiger partial charge in [0.2, 0.25) is 5.43 Å². The summed E-state index contributed by atoms with van der Waals surface area (Å²) in [5, 5.41) is 19.8. The van der Waals surface area contributed by atoms with Gasteiger partial charge in [-0.15, -0.1) is 0 Å². The Morgan fingerprint density at radius 2 is 2.10 bits per heavy atom. The van der Waals surface area contributed by atoms with Gasteiger partial charge in [-0.05, 0) is 18.2 Å². The minimum absolute atomic E-state index is 0.272. The number of carboxylic acids is 1. The number of fused-ring (bicyclic) bond motifs is 1. The van der Waals surface area contributed by atoms with Gasteiger partial charge in [0.05, 0.1) is 5.52 Å². The minimum Gasteiger partial charge on any atom is -0.477 e. The SMILES string of the molecule is CN(C)n1cc(C(=O)O)c(=O)c2cc(C#CCO)ccc21. The average molecular weight is 286 g/mol. The van der Waals surface area contributed by atoms with Crippen molar-refractivity contribution < 1.29 is 15.0 Å². The van der Waals surface area contributed by atoms with Gasteiger partial charge in [-0.25, -0.2) is 4.79 Å². The molecular formula is C15H14N2O4. The number of hydrogen-bond acceptors (Lipinski definition) is 4. The van der Waals surface area contributed by atoms with E-state index in [1.807, 2.05) is 0 Å². The Labute approximate surface area is 120 Å². The molecule has 0 aliphatic heterocycles. The molecule has 1 aromatic carbocycles. The van der Waals surface area contributed by atoms with Crippen molar-refractivity contribution in [3.8, 4) is 11.8 Å². The van der Waals surface area contributed by atoms with Crippen molar-refractivity contribution in [2.45, 2.75) is 0 Å². The summed E-state index contributed by atoms with van der Waals surface area (Å²) in [5.74, 6) is 3.92. The highest BCUT2D eigenvalue weighted by molar-refractivity contribution is 5.93. The van der Waals surface area contributed by atoms with Crippen LogP contribution in [0, 0.1) is 11.8 Å². The smallest absolute Gasteiger partial charge is 0.341 e. The van der Waals surface area contributed by atoms with Gasteiger partial charge >= 0.3 is 5.97 Å². The number of aliphatic hydroxyl groups is 1. The van der Waals surface area contributed by atoms with Crippen molar-refractivity contribution in [1.29, 1.82) is 0 Å². The van der Waals surface area contributed by atoms with Crippen molar-refractivity contribution in [3.05, 3.63) is 45.7 Å². The Bertz CT molecular complexity index is 825. The van der Waals surface area contributed by atoms with E-state index in [0.29, 0.717) is 11.1 Å². The van der Waals surface area contributed by atoms with Crippen LogP contribution in [0.3, 0.4) is 0 Å².